The molecule has 0 aliphatic carbocycles. The van der Waals surface area contributed by atoms with E-state index in [2.05, 4.69) is 4.98 Å². The number of nitrogens with zero attached hydrogens (tertiary/aromatic N) is 1. The van der Waals surface area contributed by atoms with E-state index in [1.807, 2.05) is 12.3 Å². The highest BCUT2D eigenvalue weighted by atomic mass is 35.5. The number of thiazole rings is 1. The lowest BCUT2D eigenvalue weighted by atomic mass is 10.1. The highest BCUT2D eigenvalue weighted by molar-refractivity contribution is 7.09. The van der Waals surface area contributed by atoms with Crippen LogP contribution in [0, 0.1) is 6.92 Å². The lowest BCUT2D eigenvalue weighted by Gasteiger charge is -2.11. The number of aryl methyl sites for hydroxylation is 1. The fourth-order valence-electron chi connectivity index (χ4n) is 1.58. The lowest BCUT2D eigenvalue weighted by Crippen LogP contribution is -2.02. The smallest absolute Gasteiger partial charge is 0.0897 e. The summed E-state index contributed by atoms with van der Waals surface area (Å²) in [5, 5.41) is 14.1. The van der Waals surface area contributed by atoms with Crippen molar-refractivity contribution in [3.63, 3.8) is 0 Å². The predicted octanol–water partition coefficient (Wildman–Crippen LogP) is 4.03. The van der Waals surface area contributed by atoms with Crippen molar-refractivity contribution < 1.29 is 5.11 Å². The van der Waals surface area contributed by atoms with Crippen LogP contribution in [0.4, 0.5) is 0 Å². The third-order valence-electron chi connectivity index (χ3n) is 2.39. The van der Waals surface area contributed by atoms with Crippen LogP contribution < -0.4 is 0 Å². The largest absolute Gasteiger partial charge is 0.388 e. The van der Waals surface area contributed by atoms with Gasteiger partial charge in [-0.05, 0) is 24.6 Å². The van der Waals surface area contributed by atoms with E-state index in [9.17, 15) is 5.11 Å². The van der Waals surface area contributed by atoms with Crippen LogP contribution in [0.3, 0.4) is 0 Å². The van der Waals surface area contributed by atoms with Crippen molar-refractivity contribution in [1.82, 2.24) is 4.98 Å². The molecule has 0 bridgehead atoms. The number of aromatic nitrogens is 1. The molecule has 1 heterocycles. The summed E-state index contributed by atoms with van der Waals surface area (Å²) < 4.78 is 0. The standard InChI is InChI=1S/C12H11Cl2NOS/c1-7-15-9(6-17-7)5-12(16)10-3-2-8(13)4-11(10)14/h2-4,6,12,16H,5H2,1H3. The molecule has 2 aromatic rings. The molecule has 0 amide bonds. The van der Waals surface area contributed by atoms with E-state index in [-0.39, 0.29) is 0 Å². The molecule has 90 valence electrons. The molecular weight excluding hydrogens is 277 g/mol. The Labute approximate surface area is 114 Å². The van der Waals surface area contributed by atoms with Crippen molar-refractivity contribution in [2.24, 2.45) is 0 Å². The number of aliphatic hydroxyl groups excluding tert-OH is 1. The Hall–Kier alpha value is -0.610. The molecule has 1 aromatic carbocycles. The van der Waals surface area contributed by atoms with Crippen LogP contribution in [0.1, 0.15) is 22.4 Å². The fourth-order valence-corrected chi connectivity index (χ4v) is 2.74. The van der Waals surface area contributed by atoms with Gasteiger partial charge in [0, 0.05) is 21.8 Å². The molecule has 2 nitrogen and oxygen atoms in total. The molecule has 0 spiro atoms. The van der Waals surface area contributed by atoms with E-state index in [0.717, 1.165) is 10.7 Å². The second kappa shape index (κ2) is 5.36. The number of aliphatic hydroxyl groups is 1. The topological polar surface area (TPSA) is 33.1 Å². The molecule has 17 heavy (non-hydrogen) atoms. The van der Waals surface area contributed by atoms with Gasteiger partial charge in [-0.3, -0.25) is 0 Å². The summed E-state index contributed by atoms with van der Waals surface area (Å²) in [5.74, 6) is 0. The zero-order chi connectivity index (χ0) is 12.4. The Morgan fingerprint density at radius 2 is 2.18 bits per heavy atom. The molecule has 1 N–H and O–H groups in total. The van der Waals surface area contributed by atoms with Crippen LogP contribution in [0.5, 0.6) is 0 Å². The van der Waals surface area contributed by atoms with E-state index < -0.39 is 6.10 Å². The Morgan fingerprint density at radius 3 is 2.76 bits per heavy atom. The van der Waals surface area contributed by atoms with Gasteiger partial charge in [0.05, 0.1) is 16.8 Å². The van der Waals surface area contributed by atoms with Crippen molar-refractivity contribution in [3.05, 3.63) is 49.9 Å². The molecule has 0 aliphatic rings. The minimum Gasteiger partial charge on any atom is -0.388 e. The normalized spacial score (nSPS) is 12.7. The van der Waals surface area contributed by atoms with Crippen LogP contribution in [0.15, 0.2) is 23.6 Å². The summed E-state index contributed by atoms with van der Waals surface area (Å²) in [7, 11) is 0. The van der Waals surface area contributed by atoms with Gasteiger partial charge in [0.15, 0.2) is 0 Å². The Kier molecular flexibility index (Phi) is 4.05. The van der Waals surface area contributed by atoms with Gasteiger partial charge in [0.25, 0.3) is 0 Å². The molecule has 1 atom stereocenters. The van der Waals surface area contributed by atoms with Crippen molar-refractivity contribution in [2.75, 3.05) is 0 Å². The first-order chi connectivity index (χ1) is 8.06. The van der Waals surface area contributed by atoms with E-state index >= 15 is 0 Å². The minimum absolute atomic E-state index is 0.464. The summed E-state index contributed by atoms with van der Waals surface area (Å²) in [6, 6.07) is 5.10. The van der Waals surface area contributed by atoms with E-state index in [4.69, 9.17) is 23.2 Å². The van der Waals surface area contributed by atoms with Gasteiger partial charge in [-0.15, -0.1) is 11.3 Å². The van der Waals surface area contributed by atoms with Gasteiger partial charge in [0.1, 0.15) is 0 Å². The average molecular weight is 288 g/mol. The van der Waals surface area contributed by atoms with E-state index in [1.165, 1.54) is 0 Å². The number of rotatable bonds is 3. The Morgan fingerprint density at radius 1 is 1.41 bits per heavy atom. The highest BCUT2D eigenvalue weighted by Gasteiger charge is 2.14. The summed E-state index contributed by atoms with van der Waals surface area (Å²) in [4.78, 5) is 4.31. The molecule has 0 saturated carbocycles. The van der Waals surface area contributed by atoms with Crippen molar-refractivity contribution in [2.45, 2.75) is 19.4 Å². The number of hydrogen-bond acceptors (Lipinski definition) is 3. The third kappa shape index (κ3) is 3.19. The average Bonchev–Trinajstić information content (AvgIpc) is 2.63. The molecule has 1 aromatic heterocycles. The maximum Gasteiger partial charge on any atom is 0.0897 e. The van der Waals surface area contributed by atoms with Crippen molar-refractivity contribution in [3.8, 4) is 0 Å². The summed E-state index contributed by atoms with van der Waals surface area (Å²) in [6.07, 6.45) is -0.188. The van der Waals surface area contributed by atoms with E-state index in [1.54, 1.807) is 29.5 Å². The molecular formula is C12H11Cl2NOS. The van der Waals surface area contributed by atoms with Gasteiger partial charge >= 0.3 is 0 Å². The molecule has 0 fully saturated rings. The highest BCUT2D eigenvalue weighted by Crippen LogP contribution is 2.28. The van der Waals surface area contributed by atoms with Crippen LogP contribution >= 0.6 is 34.5 Å². The molecule has 2 rings (SSSR count). The Bertz CT molecular complexity index is 527. The maximum atomic E-state index is 10.1. The maximum absolute atomic E-state index is 10.1. The first-order valence-electron chi connectivity index (χ1n) is 5.10. The summed E-state index contributed by atoms with van der Waals surface area (Å²) in [6.45, 7) is 1.94. The first-order valence-corrected chi connectivity index (χ1v) is 6.74. The zero-order valence-electron chi connectivity index (χ0n) is 9.15. The van der Waals surface area contributed by atoms with Gasteiger partial charge in [-0.1, -0.05) is 29.3 Å². The number of halogens is 2. The van der Waals surface area contributed by atoms with Crippen LogP contribution in [-0.4, -0.2) is 10.1 Å². The molecule has 5 heteroatoms. The minimum atomic E-state index is -0.652. The molecule has 1 unspecified atom stereocenters. The van der Waals surface area contributed by atoms with E-state index in [0.29, 0.717) is 22.0 Å². The van der Waals surface area contributed by atoms with Crippen LogP contribution in [-0.2, 0) is 6.42 Å². The second-order valence-corrected chi connectivity index (χ2v) is 5.65. The lowest BCUT2D eigenvalue weighted by molar-refractivity contribution is 0.177. The van der Waals surface area contributed by atoms with Gasteiger partial charge < -0.3 is 5.11 Å². The molecule has 0 saturated heterocycles. The van der Waals surface area contributed by atoms with Gasteiger partial charge in [0.2, 0.25) is 0 Å². The van der Waals surface area contributed by atoms with Gasteiger partial charge in [-0.2, -0.15) is 0 Å². The molecule has 0 aliphatic heterocycles. The summed E-state index contributed by atoms with van der Waals surface area (Å²) >= 11 is 13.4. The first kappa shape index (κ1) is 12.8. The molecule has 0 radical (unpaired) electrons. The van der Waals surface area contributed by atoms with Crippen molar-refractivity contribution in [1.29, 1.82) is 0 Å². The van der Waals surface area contributed by atoms with Crippen LogP contribution in [0.2, 0.25) is 10.0 Å². The third-order valence-corrected chi connectivity index (χ3v) is 3.78. The number of benzene rings is 1. The predicted molar refractivity (Wildman–Crippen MR) is 72.0 cm³/mol. The SMILES string of the molecule is Cc1nc(CC(O)c2ccc(Cl)cc2Cl)cs1. The fraction of sp³-hybridized carbons (Fsp3) is 0.250. The zero-order valence-corrected chi connectivity index (χ0v) is 11.5. The van der Waals surface area contributed by atoms with Gasteiger partial charge in [-0.25, -0.2) is 4.98 Å². The summed E-state index contributed by atoms with van der Waals surface area (Å²) in [5.41, 5.74) is 1.56. The van der Waals surface area contributed by atoms with Crippen LogP contribution in [0.25, 0.3) is 0 Å². The number of hydrogen-bond donors (Lipinski definition) is 1. The Balaban J connectivity index is 2.17. The quantitative estimate of drug-likeness (QED) is 0.924. The second-order valence-electron chi connectivity index (χ2n) is 3.74. The van der Waals surface area contributed by atoms with Crippen molar-refractivity contribution >= 4 is 34.5 Å². The monoisotopic (exact) mass is 287 g/mol.